The Hall–Kier alpha value is -1.04. The molecule has 0 aliphatic heterocycles. The van der Waals surface area contributed by atoms with Gasteiger partial charge in [0.1, 0.15) is 0 Å². The number of rotatable bonds is 4. The zero-order valence-electron chi connectivity index (χ0n) is 9.81. The molecule has 0 aliphatic carbocycles. The summed E-state index contributed by atoms with van der Waals surface area (Å²) in [6.45, 7) is 0. The molecule has 2 aromatic carbocycles. The highest BCUT2D eigenvalue weighted by Gasteiger charge is 2.12. The van der Waals surface area contributed by atoms with Crippen molar-refractivity contribution in [2.45, 2.75) is 5.75 Å². The third kappa shape index (κ3) is 4.23. The van der Waals surface area contributed by atoms with E-state index < -0.39 is 10.0 Å². The van der Waals surface area contributed by atoms with Crippen LogP contribution in [-0.2, 0) is 15.8 Å². The number of anilines is 1. The molecule has 0 spiro atoms. The van der Waals surface area contributed by atoms with E-state index in [2.05, 4.69) is 20.7 Å². The molecule has 19 heavy (non-hydrogen) atoms. The minimum Gasteiger partial charge on any atom is -0.283 e. The smallest absolute Gasteiger partial charge is 0.236 e. The van der Waals surface area contributed by atoms with Crippen LogP contribution in [0.1, 0.15) is 5.56 Å². The quantitative estimate of drug-likeness (QED) is 0.894. The van der Waals surface area contributed by atoms with E-state index in [0.29, 0.717) is 10.7 Å². The van der Waals surface area contributed by atoms with Crippen LogP contribution in [0.25, 0.3) is 0 Å². The van der Waals surface area contributed by atoms with Crippen molar-refractivity contribution in [1.29, 1.82) is 0 Å². The van der Waals surface area contributed by atoms with Gasteiger partial charge in [-0.3, -0.25) is 4.72 Å². The Morgan fingerprint density at radius 3 is 2.42 bits per heavy atom. The van der Waals surface area contributed by atoms with Crippen LogP contribution in [0.5, 0.6) is 0 Å². The first-order valence-electron chi connectivity index (χ1n) is 5.46. The average Bonchev–Trinajstić information content (AvgIpc) is 2.34. The van der Waals surface area contributed by atoms with Crippen LogP contribution >= 0.6 is 27.5 Å². The van der Waals surface area contributed by atoms with Crippen LogP contribution in [0, 0.1) is 0 Å². The maximum atomic E-state index is 12.0. The SMILES string of the molecule is O=S(=O)(Cc1ccccc1)Nc1ccc(Br)c(Cl)c1. The lowest BCUT2D eigenvalue weighted by atomic mass is 10.2. The van der Waals surface area contributed by atoms with Gasteiger partial charge in [0.05, 0.1) is 16.5 Å². The second-order valence-corrected chi connectivity index (χ2v) is 6.96. The van der Waals surface area contributed by atoms with E-state index in [4.69, 9.17) is 11.6 Å². The van der Waals surface area contributed by atoms with Crippen molar-refractivity contribution >= 4 is 43.2 Å². The molecule has 0 atom stereocenters. The second kappa shape index (κ2) is 5.94. The lowest BCUT2D eigenvalue weighted by Crippen LogP contribution is -2.14. The Labute approximate surface area is 125 Å². The normalized spacial score (nSPS) is 11.3. The average molecular weight is 361 g/mol. The molecule has 6 heteroatoms. The zero-order valence-corrected chi connectivity index (χ0v) is 13.0. The number of benzene rings is 2. The number of hydrogen-bond donors (Lipinski definition) is 1. The van der Waals surface area contributed by atoms with E-state index in [0.717, 1.165) is 10.0 Å². The summed E-state index contributed by atoms with van der Waals surface area (Å²) >= 11 is 9.17. The summed E-state index contributed by atoms with van der Waals surface area (Å²) in [6, 6.07) is 13.9. The molecule has 1 N–H and O–H groups in total. The van der Waals surface area contributed by atoms with Gasteiger partial charge in [-0.15, -0.1) is 0 Å². The summed E-state index contributed by atoms with van der Waals surface area (Å²) in [5.74, 6) is -0.0679. The molecular weight excluding hydrogens is 350 g/mol. The van der Waals surface area contributed by atoms with E-state index in [1.54, 1.807) is 42.5 Å². The highest BCUT2D eigenvalue weighted by Crippen LogP contribution is 2.26. The highest BCUT2D eigenvalue weighted by molar-refractivity contribution is 9.10. The minimum atomic E-state index is -3.44. The zero-order chi connectivity index (χ0) is 13.9. The summed E-state index contributed by atoms with van der Waals surface area (Å²) in [7, 11) is -3.44. The molecule has 0 saturated carbocycles. The molecule has 0 aromatic heterocycles. The van der Waals surface area contributed by atoms with E-state index in [1.165, 1.54) is 0 Å². The second-order valence-electron chi connectivity index (χ2n) is 3.98. The van der Waals surface area contributed by atoms with Crippen LogP contribution in [0.15, 0.2) is 53.0 Å². The Morgan fingerprint density at radius 1 is 1.11 bits per heavy atom. The van der Waals surface area contributed by atoms with Gasteiger partial charge >= 0.3 is 0 Å². The van der Waals surface area contributed by atoms with E-state index in [9.17, 15) is 8.42 Å². The summed E-state index contributed by atoms with van der Waals surface area (Å²) in [4.78, 5) is 0. The van der Waals surface area contributed by atoms with Gasteiger partial charge in [-0.1, -0.05) is 41.9 Å². The minimum absolute atomic E-state index is 0.0679. The van der Waals surface area contributed by atoms with Crippen molar-refractivity contribution in [3.05, 3.63) is 63.6 Å². The van der Waals surface area contributed by atoms with Crippen molar-refractivity contribution in [2.75, 3.05) is 4.72 Å². The van der Waals surface area contributed by atoms with Gasteiger partial charge in [0.2, 0.25) is 10.0 Å². The predicted octanol–water partition coefficient (Wildman–Crippen LogP) is 4.04. The van der Waals surface area contributed by atoms with Crippen molar-refractivity contribution in [1.82, 2.24) is 0 Å². The van der Waals surface area contributed by atoms with Crippen molar-refractivity contribution in [3.8, 4) is 0 Å². The van der Waals surface area contributed by atoms with Gasteiger partial charge in [-0.2, -0.15) is 0 Å². The molecule has 0 fully saturated rings. The van der Waals surface area contributed by atoms with E-state index in [-0.39, 0.29) is 5.75 Å². The first-order valence-corrected chi connectivity index (χ1v) is 8.28. The van der Waals surface area contributed by atoms with Gasteiger partial charge in [-0.25, -0.2) is 8.42 Å². The topological polar surface area (TPSA) is 46.2 Å². The molecule has 2 rings (SSSR count). The highest BCUT2D eigenvalue weighted by atomic mass is 79.9. The van der Waals surface area contributed by atoms with E-state index in [1.807, 2.05) is 6.07 Å². The van der Waals surface area contributed by atoms with Crippen LogP contribution in [0.2, 0.25) is 5.02 Å². The summed E-state index contributed by atoms with van der Waals surface area (Å²) in [6.07, 6.45) is 0. The maximum absolute atomic E-state index is 12.0. The molecule has 0 bridgehead atoms. The number of hydrogen-bond acceptors (Lipinski definition) is 2. The summed E-state index contributed by atoms with van der Waals surface area (Å²) in [5.41, 5.74) is 1.18. The Morgan fingerprint density at radius 2 is 1.79 bits per heavy atom. The van der Waals surface area contributed by atoms with Crippen molar-refractivity contribution < 1.29 is 8.42 Å². The maximum Gasteiger partial charge on any atom is 0.236 e. The lowest BCUT2D eigenvalue weighted by molar-refractivity contribution is 0.600. The molecule has 3 nitrogen and oxygen atoms in total. The van der Waals surface area contributed by atoms with Crippen molar-refractivity contribution in [2.24, 2.45) is 0 Å². The Kier molecular flexibility index (Phi) is 4.50. The number of halogens is 2. The fraction of sp³-hybridized carbons (Fsp3) is 0.0769. The monoisotopic (exact) mass is 359 g/mol. The molecule has 100 valence electrons. The molecule has 0 saturated heterocycles. The summed E-state index contributed by atoms with van der Waals surface area (Å²) < 4.78 is 27.2. The van der Waals surface area contributed by atoms with Gasteiger partial charge in [-0.05, 0) is 39.7 Å². The first-order chi connectivity index (χ1) is 8.96. The molecule has 0 heterocycles. The first kappa shape index (κ1) is 14.4. The molecule has 0 amide bonds. The molecule has 0 unspecified atom stereocenters. The van der Waals surface area contributed by atoms with E-state index >= 15 is 0 Å². The largest absolute Gasteiger partial charge is 0.283 e. The third-order valence-electron chi connectivity index (χ3n) is 2.39. The summed E-state index contributed by atoms with van der Waals surface area (Å²) in [5, 5.41) is 0.458. The number of nitrogens with one attached hydrogen (secondary N) is 1. The number of sulfonamides is 1. The van der Waals surface area contributed by atoms with Gasteiger partial charge < -0.3 is 0 Å². The fourth-order valence-corrected chi connectivity index (χ4v) is 3.19. The fourth-order valence-electron chi connectivity index (χ4n) is 1.57. The molecule has 2 aromatic rings. The Bertz CT molecular complexity index is 674. The van der Waals surface area contributed by atoms with Crippen LogP contribution in [0.4, 0.5) is 5.69 Å². The van der Waals surface area contributed by atoms with Crippen molar-refractivity contribution in [3.63, 3.8) is 0 Å². The van der Waals surface area contributed by atoms with Crippen LogP contribution in [-0.4, -0.2) is 8.42 Å². The molecular formula is C13H11BrClNO2S. The predicted molar refractivity (Wildman–Crippen MR) is 81.8 cm³/mol. The third-order valence-corrected chi connectivity index (χ3v) is 4.89. The van der Waals surface area contributed by atoms with Crippen LogP contribution < -0.4 is 4.72 Å². The lowest BCUT2D eigenvalue weighted by Gasteiger charge is -2.09. The van der Waals surface area contributed by atoms with Gasteiger partial charge in [0, 0.05) is 4.47 Å². The Balaban J connectivity index is 2.15. The van der Waals surface area contributed by atoms with Gasteiger partial charge in [0.25, 0.3) is 0 Å². The molecule has 0 aliphatic rings. The molecule has 0 radical (unpaired) electrons. The standard InChI is InChI=1S/C13H11BrClNO2S/c14-12-7-6-11(8-13(12)15)16-19(17,18)9-10-4-2-1-3-5-10/h1-8,16H,9H2. The van der Waals surface area contributed by atoms with Gasteiger partial charge in [0.15, 0.2) is 0 Å². The van der Waals surface area contributed by atoms with Crippen LogP contribution in [0.3, 0.4) is 0 Å².